The van der Waals surface area contributed by atoms with Crippen LogP contribution in [0.2, 0.25) is 0 Å². The van der Waals surface area contributed by atoms with Crippen LogP contribution >= 0.6 is 12.4 Å². The highest BCUT2D eigenvalue weighted by Gasteiger charge is 2.33. The largest absolute Gasteiger partial charge is 0.369 e. The van der Waals surface area contributed by atoms with Gasteiger partial charge < -0.3 is 15.0 Å². The first-order valence-electron chi connectivity index (χ1n) is 7.12. The fraction of sp³-hybridized carbons (Fsp3) is 0.929. The molecule has 2 aliphatic heterocycles. The fourth-order valence-electron chi connectivity index (χ4n) is 3.09. The van der Waals surface area contributed by atoms with Gasteiger partial charge in [0.25, 0.3) is 0 Å². The third-order valence-electron chi connectivity index (χ3n) is 3.85. The Hall–Kier alpha value is -0.320. The van der Waals surface area contributed by atoms with E-state index in [0.717, 1.165) is 32.6 Å². The maximum atomic E-state index is 12.2. The predicted molar refractivity (Wildman–Crippen MR) is 78.7 cm³/mol. The molecule has 2 saturated heterocycles. The van der Waals surface area contributed by atoms with Gasteiger partial charge in [0.1, 0.15) is 0 Å². The Balaban J connectivity index is 0.00000180. The molecule has 19 heavy (non-hydrogen) atoms. The second-order valence-electron chi connectivity index (χ2n) is 6.36. The van der Waals surface area contributed by atoms with E-state index in [-0.39, 0.29) is 24.1 Å². The molecule has 2 fully saturated rings. The number of carbonyl (C=O) groups excluding carboxylic acids is 1. The van der Waals surface area contributed by atoms with Crippen LogP contribution in [0.3, 0.4) is 0 Å². The number of halogens is 1. The first-order valence-corrected chi connectivity index (χ1v) is 7.12. The Morgan fingerprint density at radius 1 is 1.47 bits per heavy atom. The average molecular weight is 291 g/mol. The molecule has 112 valence electrons. The van der Waals surface area contributed by atoms with Gasteiger partial charge in [0, 0.05) is 19.5 Å². The van der Waals surface area contributed by atoms with Crippen molar-refractivity contribution in [1.29, 1.82) is 0 Å². The van der Waals surface area contributed by atoms with Gasteiger partial charge in [-0.25, -0.2) is 0 Å². The number of ether oxygens (including phenoxy) is 1. The molecule has 0 aromatic heterocycles. The van der Waals surface area contributed by atoms with Crippen LogP contribution < -0.4 is 5.32 Å². The Labute approximate surface area is 122 Å². The van der Waals surface area contributed by atoms with E-state index < -0.39 is 0 Å². The molecule has 5 heteroatoms. The van der Waals surface area contributed by atoms with Crippen molar-refractivity contribution in [2.75, 3.05) is 26.2 Å². The first kappa shape index (κ1) is 16.7. The Kier molecular flexibility index (Phi) is 6.09. The molecule has 2 aliphatic rings. The Bertz CT molecular complexity index is 304. The molecule has 0 saturated carbocycles. The van der Waals surface area contributed by atoms with Crippen molar-refractivity contribution in [2.45, 2.75) is 51.7 Å². The van der Waals surface area contributed by atoms with Gasteiger partial charge in [-0.15, -0.1) is 12.4 Å². The summed E-state index contributed by atoms with van der Waals surface area (Å²) in [5.74, 6) is 0.991. The fourth-order valence-corrected chi connectivity index (χ4v) is 3.09. The lowest BCUT2D eigenvalue weighted by Gasteiger charge is -2.41. The quantitative estimate of drug-likeness (QED) is 0.862. The number of amides is 1. The predicted octanol–water partition coefficient (Wildman–Crippen LogP) is 1.82. The van der Waals surface area contributed by atoms with Gasteiger partial charge in [-0.2, -0.15) is 0 Å². The van der Waals surface area contributed by atoms with E-state index in [1.165, 1.54) is 6.42 Å². The first-order chi connectivity index (χ1) is 8.46. The zero-order valence-electron chi connectivity index (χ0n) is 12.3. The molecule has 0 spiro atoms. The SMILES string of the molecule is CC1CN(C(=O)CCC2CCNC2)CC(C)(C)O1.Cl. The van der Waals surface area contributed by atoms with Gasteiger partial charge in [0.2, 0.25) is 5.91 Å². The summed E-state index contributed by atoms with van der Waals surface area (Å²) < 4.78 is 5.83. The lowest BCUT2D eigenvalue weighted by Crippen LogP contribution is -2.53. The van der Waals surface area contributed by atoms with Crippen LogP contribution in [-0.2, 0) is 9.53 Å². The van der Waals surface area contributed by atoms with Crippen LogP contribution in [0.25, 0.3) is 0 Å². The van der Waals surface area contributed by atoms with Gasteiger partial charge in [-0.1, -0.05) is 0 Å². The summed E-state index contributed by atoms with van der Waals surface area (Å²) in [5, 5.41) is 3.35. The minimum absolute atomic E-state index is 0. The molecule has 0 aromatic carbocycles. The van der Waals surface area contributed by atoms with Crippen LogP contribution in [0.15, 0.2) is 0 Å². The van der Waals surface area contributed by atoms with E-state index in [4.69, 9.17) is 4.74 Å². The van der Waals surface area contributed by atoms with E-state index in [0.29, 0.717) is 18.2 Å². The third kappa shape index (κ3) is 4.93. The maximum Gasteiger partial charge on any atom is 0.222 e. The van der Waals surface area contributed by atoms with Gasteiger partial charge in [-0.3, -0.25) is 4.79 Å². The van der Waals surface area contributed by atoms with Crippen LogP contribution in [-0.4, -0.2) is 48.7 Å². The normalized spacial score (nSPS) is 29.9. The number of nitrogens with one attached hydrogen (secondary N) is 1. The van der Waals surface area contributed by atoms with Crippen molar-refractivity contribution in [3.8, 4) is 0 Å². The summed E-state index contributed by atoms with van der Waals surface area (Å²) in [5.41, 5.74) is -0.206. The molecule has 2 heterocycles. The second-order valence-corrected chi connectivity index (χ2v) is 6.36. The van der Waals surface area contributed by atoms with Crippen LogP contribution in [0.1, 0.15) is 40.0 Å². The summed E-state index contributed by atoms with van der Waals surface area (Å²) in [4.78, 5) is 14.2. The minimum Gasteiger partial charge on any atom is -0.369 e. The molecule has 1 amide bonds. The summed E-state index contributed by atoms with van der Waals surface area (Å²) in [7, 11) is 0. The average Bonchev–Trinajstić information content (AvgIpc) is 2.75. The Morgan fingerprint density at radius 3 is 2.79 bits per heavy atom. The summed E-state index contributed by atoms with van der Waals surface area (Å²) in [6.07, 6.45) is 3.08. The molecular formula is C14H27ClN2O2. The number of hydrogen-bond acceptors (Lipinski definition) is 3. The number of rotatable bonds is 3. The van der Waals surface area contributed by atoms with E-state index in [9.17, 15) is 4.79 Å². The summed E-state index contributed by atoms with van der Waals surface area (Å²) >= 11 is 0. The highest BCUT2D eigenvalue weighted by molar-refractivity contribution is 5.85. The van der Waals surface area contributed by atoms with Gasteiger partial charge in [0.15, 0.2) is 0 Å². The van der Waals surface area contributed by atoms with Crippen LogP contribution in [0.4, 0.5) is 0 Å². The van der Waals surface area contributed by atoms with Crippen LogP contribution in [0.5, 0.6) is 0 Å². The monoisotopic (exact) mass is 290 g/mol. The van der Waals surface area contributed by atoms with E-state index in [1.807, 2.05) is 11.8 Å². The van der Waals surface area contributed by atoms with Crippen molar-refractivity contribution >= 4 is 18.3 Å². The smallest absolute Gasteiger partial charge is 0.222 e. The summed E-state index contributed by atoms with van der Waals surface area (Å²) in [6, 6.07) is 0. The van der Waals surface area contributed by atoms with Crippen molar-refractivity contribution < 1.29 is 9.53 Å². The van der Waals surface area contributed by atoms with Gasteiger partial charge in [-0.05, 0) is 52.6 Å². The molecule has 2 unspecified atom stereocenters. The standard InChI is InChI=1S/C14H26N2O2.ClH/c1-11-9-16(10-14(2,3)18-11)13(17)5-4-12-6-7-15-8-12;/h11-12,15H,4-10H2,1-3H3;1H. The van der Waals surface area contributed by atoms with Gasteiger partial charge in [0.05, 0.1) is 11.7 Å². The molecule has 2 atom stereocenters. The van der Waals surface area contributed by atoms with Gasteiger partial charge >= 0.3 is 0 Å². The highest BCUT2D eigenvalue weighted by atomic mass is 35.5. The lowest BCUT2D eigenvalue weighted by molar-refractivity contribution is -0.158. The van der Waals surface area contributed by atoms with Crippen molar-refractivity contribution in [2.24, 2.45) is 5.92 Å². The topological polar surface area (TPSA) is 41.6 Å². The highest BCUT2D eigenvalue weighted by Crippen LogP contribution is 2.22. The van der Waals surface area contributed by atoms with E-state index in [2.05, 4.69) is 19.2 Å². The third-order valence-corrected chi connectivity index (χ3v) is 3.85. The molecule has 0 bridgehead atoms. The van der Waals surface area contributed by atoms with Crippen molar-refractivity contribution in [3.63, 3.8) is 0 Å². The van der Waals surface area contributed by atoms with Crippen molar-refractivity contribution in [1.82, 2.24) is 10.2 Å². The maximum absolute atomic E-state index is 12.2. The minimum atomic E-state index is -0.206. The second kappa shape index (κ2) is 6.91. The number of carbonyl (C=O) groups is 1. The molecule has 1 N–H and O–H groups in total. The molecule has 0 aromatic rings. The molecule has 0 radical (unpaired) electrons. The molecule has 2 rings (SSSR count). The summed E-state index contributed by atoms with van der Waals surface area (Å²) in [6.45, 7) is 9.82. The van der Waals surface area contributed by atoms with Crippen LogP contribution in [0, 0.1) is 5.92 Å². The van der Waals surface area contributed by atoms with E-state index in [1.54, 1.807) is 0 Å². The molecular weight excluding hydrogens is 264 g/mol. The van der Waals surface area contributed by atoms with E-state index >= 15 is 0 Å². The molecule has 4 nitrogen and oxygen atoms in total. The number of hydrogen-bond donors (Lipinski definition) is 1. The number of nitrogens with zero attached hydrogens (tertiary/aromatic N) is 1. The number of morpholine rings is 1. The zero-order chi connectivity index (χ0) is 13.2. The lowest BCUT2D eigenvalue weighted by atomic mass is 10.0. The Morgan fingerprint density at radius 2 is 2.21 bits per heavy atom. The van der Waals surface area contributed by atoms with Crippen molar-refractivity contribution in [3.05, 3.63) is 0 Å². The zero-order valence-corrected chi connectivity index (χ0v) is 13.1. The molecule has 0 aliphatic carbocycles.